The number of ether oxygens (including phenoxy) is 1. The minimum atomic E-state index is 0.202. The van der Waals surface area contributed by atoms with E-state index in [0.717, 1.165) is 37.2 Å². The molecule has 134 valence electrons. The lowest BCUT2D eigenvalue weighted by Gasteiger charge is -2.32. The fourth-order valence-electron chi connectivity index (χ4n) is 3.12. The number of piperidine rings is 1. The van der Waals surface area contributed by atoms with E-state index in [-0.39, 0.29) is 5.91 Å². The molecule has 1 aromatic heterocycles. The van der Waals surface area contributed by atoms with Crippen LogP contribution < -0.4 is 4.74 Å². The molecule has 1 aliphatic rings. The molecule has 0 N–H and O–H groups in total. The zero-order valence-corrected chi connectivity index (χ0v) is 15.2. The third kappa shape index (κ3) is 4.72. The van der Waals surface area contributed by atoms with Crippen LogP contribution in [-0.2, 0) is 4.79 Å². The van der Waals surface area contributed by atoms with Gasteiger partial charge >= 0.3 is 0 Å². The number of aryl methyl sites for hydroxylation is 1. The van der Waals surface area contributed by atoms with Gasteiger partial charge < -0.3 is 9.64 Å². The Bertz CT molecular complexity index is 697. The number of benzene rings is 1. The fraction of sp³-hybridized carbons (Fsp3) is 0.500. The quantitative estimate of drug-likeness (QED) is 0.740. The molecule has 0 bridgehead atoms. The highest BCUT2D eigenvalue weighted by Gasteiger charge is 2.23. The molecule has 2 aromatic rings. The molecule has 25 heavy (non-hydrogen) atoms. The number of halogens is 1. The van der Waals surface area contributed by atoms with Crippen molar-refractivity contribution in [3.8, 4) is 5.75 Å². The van der Waals surface area contributed by atoms with Gasteiger partial charge in [-0.2, -0.15) is 5.10 Å². The average molecular weight is 363 g/mol. The van der Waals surface area contributed by atoms with Crippen molar-refractivity contribution in [1.82, 2.24) is 19.7 Å². The highest BCUT2D eigenvalue weighted by atomic mass is 35.5. The van der Waals surface area contributed by atoms with Crippen molar-refractivity contribution < 1.29 is 9.53 Å². The Morgan fingerprint density at radius 1 is 1.36 bits per heavy atom. The first-order valence-electron chi connectivity index (χ1n) is 8.64. The van der Waals surface area contributed by atoms with Crippen molar-refractivity contribution >= 4 is 17.5 Å². The molecule has 1 aliphatic heterocycles. The van der Waals surface area contributed by atoms with Crippen LogP contribution in [-0.4, -0.2) is 45.3 Å². The van der Waals surface area contributed by atoms with E-state index in [1.807, 2.05) is 34.7 Å². The molecule has 0 spiro atoms. The second kappa shape index (κ2) is 8.34. The van der Waals surface area contributed by atoms with E-state index in [2.05, 4.69) is 10.1 Å². The SMILES string of the molecule is Cc1cc(Cl)ccc1OCCCC(=O)N1CCC(n2cncn2)CC1. The van der Waals surface area contributed by atoms with Gasteiger partial charge in [-0.05, 0) is 49.9 Å². The molecule has 2 heterocycles. The molecule has 6 nitrogen and oxygen atoms in total. The first-order chi connectivity index (χ1) is 12.1. The van der Waals surface area contributed by atoms with Crippen molar-refractivity contribution in [2.75, 3.05) is 19.7 Å². The lowest BCUT2D eigenvalue weighted by atomic mass is 10.0. The zero-order chi connectivity index (χ0) is 17.6. The van der Waals surface area contributed by atoms with Crippen LogP contribution in [0.25, 0.3) is 0 Å². The van der Waals surface area contributed by atoms with Crippen LogP contribution in [0.3, 0.4) is 0 Å². The summed E-state index contributed by atoms with van der Waals surface area (Å²) in [7, 11) is 0. The van der Waals surface area contributed by atoms with E-state index in [9.17, 15) is 4.79 Å². The van der Waals surface area contributed by atoms with Crippen molar-refractivity contribution in [1.29, 1.82) is 0 Å². The summed E-state index contributed by atoms with van der Waals surface area (Å²) in [6.07, 6.45) is 6.38. The maximum Gasteiger partial charge on any atom is 0.222 e. The fourth-order valence-corrected chi connectivity index (χ4v) is 3.35. The third-order valence-electron chi connectivity index (χ3n) is 4.56. The third-order valence-corrected chi connectivity index (χ3v) is 4.79. The monoisotopic (exact) mass is 362 g/mol. The number of likely N-dealkylation sites (tertiary alicyclic amines) is 1. The average Bonchev–Trinajstić information content (AvgIpc) is 3.15. The normalized spacial score (nSPS) is 15.4. The summed E-state index contributed by atoms with van der Waals surface area (Å²) in [4.78, 5) is 18.3. The molecule has 0 atom stereocenters. The molecule has 1 aromatic carbocycles. The maximum atomic E-state index is 12.3. The van der Waals surface area contributed by atoms with E-state index in [1.165, 1.54) is 0 Å². The van der Waals surface area contributed by atoms with Gasteiger partial charge in [-0.25, -0.2) is 9.67 Å². The Labute approximate surface area is 152 Å². The lowest BCUT2D eigenvalue weighted by molar-refractivity contribution is -0.132. The molecule has 0 aliphatic carbocycles. The Morgan fingerprint density at radius 2 is 2.16 bits per heavy atom. The summed E-state index contributed by atoms with van der Waals surface area (Å²) in [6, 6.07) is 5.91. The number of nitrogens with zero attached hydrogens (tertiary/aromatic N) is 4. The lowest BCUT2D eigenvalue weighted by Crippen LogP contribution is -2.39. The van der Waals surface area contributed by atoms with Gasteiger partial charge in [0.15, 0.2) is 0 Å². The van der Waals surface area contributed by atoms with E-state index in [4.69, 9.17) is 16.3 Å². The standard InChI is InChI=1S/C18H23ClN4O2/c1-14-11-15(19)4-5-17(14)25-10-2-3-18(24)22-8-6-16(7-9-22)23-13-20-12-21-23/h4-5,11-13,16H,2-3,6-10H2,1H3. The molecule has 1 fully saturated rings. The van der Waals surface area contributed by atoms with Crippen LogP contribution in [0.2, 0.25) is 5.02 Å². The minimum absolute atomic E-state index is 0.202. The number of rotatable bonds is 6. The Morgan fingerprint density at radius 3 is 2.84 bits per heavy atom. The van der Waals surface area contributed by atoms with Gasteiger partial charge in [0.1, 0.15) is 18.4 Å². The molecule has 3 rings (SSSR count). The number of carbonyl (C=O) groups excluding carboxylic acids is 1. The Hall–Kier alpha value is -2.08. The largest absolute Gasteiger partial charge is 0.493 e. The Kier molecular flexibility index (Phi) is 5.91. The molecule has 0 saturated carbocycles. The smallest absolute Gasteiger partial charge is 0.222 e. The highest BCUT2D eigenvalue weighted by molar-refractivity contribution is 6.30. The minimum Gasteiger partial charge on any atom is -0.493 e. The second-order valence-electron chi connectivity index (χ2n) is 6.35. The predicted octanol–water partition coefficient (Wildman–Crippen LogP) is 3.26. The van der Waals surface area contributed by atoms with Crippen LogP contribution >= 0.6 is 11.6 Å². The summed E-state index contributed by atoms with van der Waals surface area (Å²) < 4.78 is 7.64. The van der Waals surface area contributed by atoms with Gasteiger partial charge in [0.05, 0.1) is 12.6 Å². The van der Waals surface area contributed by atoms with Crippen LogP contribution in [0.1, 0.15) is 37.3 Å². The van der Waals surface area contributed by atoms with E-state index >= 15 is 0 Å². The molecule has 1 saturated heterocycles. The van der Waals surface area contributed by atoms with E-state index < -0.39 is 0 Å². The summed E-state index contributed by atoms with van der Waals surface area (Å²) in [5.74, 6) is 1.03. The predicted molar refractivity (Wildman–Crippen MR) is 95.8 cm³/mol. The molecular formula is C18H23ClN4O2. The van der Waals surface area contributed by atoms with Crippen molar-refractivity contribution in [3.63, 3.8) is 0 Å². The number of aromatic nitrogens is 3. The van der Waals surface area contributed by atoms with Gasteiger partial charge in [0.25, 0.3) is 0 Å². The summed E-state index contributed by atoms with van der Waals surface area (Å²) in [5, 5.41) is 4.89. The first-order valence-corrected chi connectivity index (χ1v) is 9.02. The highest BCUT2D eigenvalue weighted by Crippen LogP contribution is 2.23. The van der Waals surface area contributed by atoms with Crippen molar-refractivity contribution in [2.45, 2.75) is 38.6 Å². The Balaban J connectivity index is 1.37. The van der Waals surface area contributed by atoms with E-state index in [1.54, 1.807) is 12.7 Å². The number of hydrogen-bond donors (Lipinski definition) is 0. The van der Waals surface area contributed by atoms with Crippen LogP contribution in [0, 0.1) is 6.92 Å². The number of hydrogen-bond acceptors (Lipinski definition) is 4. The van der Waals surface area contributed by atoms with Gasteiger partial charge in [0.2, 0.25) is 5.91 Å². The van der Waals surface area contributed by atoms with Gasteiger partial charge in [-0.3, -0.25) is 4.79 Å². The van der Waals surface area contributed by atoms with Crippen molar-refractivity contribution in [3.05, 3.63) is 41.4 Å². The van der Waals surface area contributed by atoms with Crippen molar-refractivity contribution in [2.24, 2.45) is 0 Å². The topological polar surface area (TPSA) is 60.2 Å². The zero-order valence-electron chi connectivity index (χ0n) is 14.4. The van der Waals surface area contributed by atoms with Gasteiger partial charge in [-0.15, -0.1) is 0 Å². The second-order valence-corrected chi connectivity index (χ2v) is 6.79. The van der Waals surface area contributed by atoms with Crippen LogP contribution in [0.4, 0.5) is 0 Å². The van der Waals surface area contributed by atoms with Gasteiger partial charge in [0, 0.05) is 24.5 Å². The summed E-state index contributed by atoms with van der Waals surface area (Å²) >= 11 is 5.93. The van der Waals surface area contributed by atoms with Crippen LogP contribution in [0.5, 0.6) is 5.75 Å². The molecule has 1 amide bonds. The molecule has 0 radical (unpaired) electrons. The summed E-state index contributed by atoms with van der Waals surface area (Å²) in [5.41, 5.74) is 1.01. The maximum absolute atomic E-state index is 12.3. The van der Waals surface area contributed by atoms with E-state index in [0.29, 0.717) is 30.5 Å². The van der Waals surface area contributed by atoms with Crippen LogP contribution in [0.15, 0.2) is 30.9 Å². The number of amides is 1. The molecular weight excluding hydrogens is 340 g/mol. The first kappa shape index (κ1) is 17.7. The molecule has 7 heteroatoms. The molecule has 0 unspecified atom stereocenters. The number of carbonyl (C=O) groups is 1. The summed E-state index contributed by atoms with van der Waals surface area (Å²) in [6.45, 7) is 4.05. The van der Waals surface area contributed by atoms with Gasteiger partial charge in [-0.1, -0.05) is 11.6 Å².